The number of benzene rings is 1. The number of amides is 1. The number of hydrogen-bond acceptors (Lipinski definition) is 3. The van der Waals surface area contributed by atoms with E-state index in [2.05, 4.69) is 26.1 Å². The molecule has 0 bridgehead atoms. The summed E-state index contributed by atoms with van der Waals surface area (Å²) in [6.07, 6.45) is 0.963. The average Bonchev–Trinajstić information content (AvgIpc) is 2.47. The summed E-state index contributed by atoms with van der Waals surface area (Å²) in [5.41, 5.74) is 0.708. The van der Waals surface area contributed by atoms with Crippen molar-refractivity contribution in [3.05, 3.63) is 29.8 Å². The van der Waals surface area contributed by atoms with Gasteiger partial charge < -0.3 is 15.0 Å². The van der Waals surface area contributed by atoms with Crippen LogP contribution in [-0.2, 0) is 0 Å². The van der Waals surface area contributed by atoms with Crippen LogP contribution in [-0.4, -0.2) is 42.6 Å². The van der Waals surface area contributed by atoms with Crippen LogP contribution in [0.4, 0.5) is 0 Å². The zero-order valence-electron chi connectivity index (χ0n) is 12.6. The summed E-state index contributed by atoms with van der Waals surface area (Å²) >= 11 is 0. The molecule has 1 saturated heterocycles. The van der Waals surface area contributed by atoms with Crippen LogP contribution in [0.5, 0.6) is 5.75 Å². The van der Waals surface area contributed by atoms with Gasteiger partial charge in [0, 0.05) is 30.7 Å². The normalized spacial score (nSPS) is 22.6. The van der Waals surface area contributed by atoms with E-state index in [1.54, 1.807) is 0 Å². The third-order valence-corrected chi connectivity index (χ3v) is 3.58. The summed E-state index contributed by atoms with van der Waals surface area (Å²) in [5.74, 6) is 0.862. The number of nitrogens with zero attached hydrogens (tertiary/aromatic N) is 1. The van der Waals surface area contributed by atoms with Crippen LogP contribution in [0.15, 0.2) is 24.3 Å². The summed E-state index contributed by atoms with van der Waals surface area (Å²) in [5, 5.41) is 3.39. The summed E-state index contributed by atoms with van der Waals surface area (Å²) in [6.45, 7) is 8.53. The van der Waals surface area contributed by atoms with Gasteiger partial charge in [0.05, 0.1) is 6.61 Å². The van der Waals surface area contributed by atoms with Crippen molar-refractivity contribution in [2.24, 2.45) is 0 Å². The second-order valence-corrected chi connectivity index (χ2v) is 5.49. The quantitative estimate of drug-likeness (QED) is 0.917. The summed E-state index contributed by atoms with van der Waals surface area (Å²) < 4.78 is 5.60. The van der Waals surface area contributed by atoms with Gasteiger partial charge in [-0.15, -0.1) is 0 Å². The Morgan fingerprint density at radius 2 is 2.25 bits per heavy atom. The zero-order valence-corrected chi connectivity index (χ0v) is 12.6. The average molecular weight is 276 g/mol. The summed E-state index contributed by atoms with van der Waals surface area (Å²) in [4.78, 5) is 14.6. The minimum Gasteiger partial charge on any atom is -0.494 e. The molecule has 4 heteroatoms. The number of nitrogens with one attached hydrogen (secondary N) is 1. The van der Waals surface area contributed by atoms with Crippen LogP contribution in [0.2, 0.25) is 0 Å². The fraction of sp³-hybridized carbons (Fsp3) is 0.562. The molecule has 1 N–H and O–H groups in total. The first kappa shape index (κ1) is 14.9. The molecule has 1 fully saturated rings. The molecule has 1 aromatic rings. The summed E-state index contributed by atoms with van der Waals surface area (Å²) in [7, 11) is 0. The molecule has 2 rings (SSSR count). The molecule has 2 atom stereocenters. The molecule has 4 nitrogen and oxygen atoms in total. The van der Waals surface area contributed by atoms with Crippen molar-refractivity contribution in [3.8, 4) is 5.75 Å². The molecule has 0 radical (unpaired) electrons. The third-order valence-electron chi connectivity index (χ3n) is 3.58. The Labute approximate surface area is 121 Å². The molecule has 0 saturated carbocycles. The molecular formula is C16H24N2O2. The maximum Gasteiger partial charge on any atom is 0.254 e. The van der Waals surface area contributed by atoms with E-state index in [-0.39, 0.29) is 11.9 Å². The molecule has 1 amide bonds. The number of piperazine rings is 1. The van der Waals surface area contributed by atoms with Crippen molar-refractivity contribution in [3.63, 3.8) is 0 Å². The van der Waals surface area contributed by atoms with Gasteiger partial charge in [0.1, 0.15) is 5.75 Å². The Kier molecular flexibility index (Phi) is 5.01. The van der Waals surface area contributed by atoms with Gasteiger partial charge in [-0.05, 0) is 38.5 Å². The van der Waals surface area contributed by atoms with E-state index in [0.29, 0.717) is 18.2 Å². The number of rotatable bonds is 4. The second-order valence-electron chi connectivity index (χ2n) is 5.49. The maximum absolute atomic E-state index is 12.6. The molecule has 0 spiro atoms. The molecule has 20 heavy (non-hydrogen) atoms. The molecular weight excluding hydrogens is 252 g/mol. The SMILES string of the molecule is CCCOc1cccc(C(=O)N2CC(C)NCC2C)c1. The van der Waals surface area contributed by atoms with Crippen LogP contribution < -0.4 is 10.1 Å². The number of carbonyl (C=O) groups excluding carboxylic acids is 1. The Morgan fingerprint density at radius 3 is 3.00 bits per heavy atom. The minimum atomic E-state index is 0.0906. The third kappa shape index (κ3) is 3.51. The van der Waals surface area contributed by atoms with E-state index in [1.165, 1.54) is 0 Å². The first-order valence-corrected chi connectivity index (χ1v) is 7.39. The Morgan fingerprint density at radius 1 is 1.45 bits per heavy atom. The summed E-state index contributed by atoms with van der Waals surface area (Å²) in [6, 6.07) is 8.05. The molecule has 1 aliphatic rings. The van der Waals surface area contributed by atoms with Crippen LogP contribution in [0.25, 0.3) is 0 Å². The van der Waals surface area contributed by atoms with Crippen LogP contribution in [0.1, 0.15) is 37.6 Å². The maximum atomic E-state index is 12.6. The van der Waals surface area contributed by atoms with Gasteiger partial charge in [-0.2, -0.15) is 0 Å². The first-order valence-electron chi connectivity index (χ1n) is 7.39. The van der Waals surface area contributed by atoms with Gasteiger partial charge in [0.2, 0.25) is 0 Å². The lowest BCUT2D eigenvalue weighted by Gasteiger charge is -2.37. The van der Waals surface area contributed by atoms with E-state index in [0.717, 1.165) is 25.3 Å². The van der Waals surface area contributed by atoms with Crippen LogP contribution >= 0.6 is 0 Å². The lowest BCUT2D eigenvalue weighted by molar-refractivity contribution is 0.0616. The standard InChI is InChI=1S/C16H24N2O2/c1-4-8-20-15-7-5-6-14(9-15)16(19)18-11-12(2)17-10-13(18)3/h5-7,9,12-13,17H,4,8,10-11H2,1-3H3. The van der Waals surface area contributed by atoms with Gasteiger partial charge in [-0.1, -0.05) is 13.0 Å². The van der Waals surface area contributed by atoms with E-state index < -0.39 is 0 Å². The second kappa shape index (κ2) is 6.75. The predicted molar refractivity (Wildman–Crippen MR) is 80.2 cm³/mol. The molecule has 1 aliphatic heterocycles. The van der Waals surface area contributed by atoms with E-state index in [9.17, 15) is 4.79 Å². The monoisotopic (exact) mass is 276 g/mol. The molecule has 110 valence electrons. The van der Waals surface area contributed by atoms with Crippen molar-refractivity contribution < 1.29 is 9.53 Å². The zero-order chi connectivity index (χ0) is 14.5. The van der Waals surface area contributed by atoms with Crippen molar-refractivity contribution in [1.29, 1.82) is 0 Å². The molecule has 0 aromatic heterocycles. The largest absolute Gasteiger partial charge is 0.494 e. The Hall–Kier alpha value is -1.55. The fourth-order valence-electron chi connectivity index (χ4n) is 2.41. The number of ether oxygens (including phenoxy) is 1. The van der Waals surface area contributed by atoms with Crippen LogP contribution in [0, 0.1) is 0 Å². The van der Waals surface area contributed by atoms with Crippen molar-refractivity contribution in [2.45, 2.75) is 39.3 Å². The molecule has 1 heterocycles. The van der Waals surface area contributed by atoms with Gasteiger partial charge in [-0.25, -0.2) is 0 Å². The lowest BCUT2D eigenvalue weighted by atomic mass is 10.1. The van der Waals surface area contributed by atoms with E-state index in [1.807, 2.05) is 29.2 Å². The number of hydrogen-bond donors (Lipinski definition) is 1. The predicted octanol–water partition coefficient (Wildman–Crippen LogP) is 2.30. The molecule has 2 unspecified atom stereocenters. The fourth-order valence-corrected chi connectivity index (χ4v) is 2.41. The van der Waals surface area contributed by atoms with Gasteiger partial charge in [0.25, 0.3) is 5.91 Å². The van der Waals surface area contributed by atoms with Crippen molar-refractivity contribution >= 4 is 5.91 Å². The van der Waals surface area contributed by atoms with Gasteiger partial charge >= 0.3 is 0 Å². The Balaban J connectivity index is 2.11. The smallest absolute Gasteiger partial charge is 0.254 e. The lowest BCUT2D eigenvalue weighted by Crippen LogP contribution is -2.56. The molecule has 1 aromatic carbocycles. The van der Waals surface area contributed by atoms with Crippen molar-refractivity contribution in [1.82, 2.24) is 10.2 Å². The van der Waals surface area contributed by atoms with E-state index >= 15 is 0 Å². The van der Waals surface area contributed by atoms with Gasteiger partial charge in [0.15, 0.2) is 0 Å². The highest BCUT2D eigenvalue weighted by Gasteiger charge is 2.27. The first-order chi connectivity index (χ1) is 9.61. The Bertz CT molecular complexity index is 462. The highest BCUT2D eigenvalue weighted by molar-refractivity contribution is 5.95. The topological polar surface area (TPSA) is 41.6 Å². The minimum absolute atomic E-state index is 0.0906. The van der Waals surface area contributed by atoms with Crippen LogP contribution in [0.3, 0.4) is 0 Å². The molecule has 0 aliphatic carbocycles. The highest BCUT2D eigenvalue weighted by Crippen LogP contribution is 2.17. The highest BCUT2D eigenvalue weighted by atomic mass is 16.5. The van der Waals surface area contributed by atoms with E-state index in [4.69, 9.17) is 4.74 Å². The van der Waals surface area contributed by atoms with Gasteiger partial charge in [-0.3, -0.25) is 4.79 Å². The number of carbonyl (C=O) groups is 1. The van der Waals surface area contributed by atoms with Crippen molar-refractivity contribution in [2.75, 3.05) is 19.7 Å².